The molecule has 1 amide bonds. The van der Waals surface area contributed by atoms with Gasteiger partial charge in [0.05, 0.1) is 0 Å². The molecule has 0 radical (unpaired) electrons. The van der Waals surface area contributed by atoms with Crippen LogP contribution in [0.3, 0.4) is 0 Å². The summed E-state index contributed by atoms with van der Waals surface area (Å²) in [6.45, 7) is 0.391. The first kappa shape index (κ1) is 11.3. The van der Waals surface area contributed by atoms with E-state index in [1.165, 1.54) is 6.20 Å². The number of rotatable bonds is 4. The van der Waals surface area contributed by atoms with Crippen molar-refractivity contribution in [3.8, 4) is 0 Å². The van der Waals surface area contributed by atoms with Gasteiger partial charge in [-0.1, -0.05) is 30.3 Å². The van der Waals surface area contributed by atoms with Crippen molar-refractivity contribution in [1.82, 2.24) is 15.5 Å². The van der Waals surface area contributed by atoms with Gasteiger partial charge < -0.3 is 11.1 Å². The zero-order chi connectivity index (χ0) is 12.1. The van der Waals surface area contributed by atoms with Crippen LogP contribution in [0.1, 0.15) is 22.1 Å². The van der Waals surface area contributed by atoms with Gasteiger partial charge in [0.15, 0.2) is 0 Å². The molecular weight excluding hydrogens is 216 g/mol. The van der Waals surface area contributed by atoms with Crippen LogP contribution in [-0.4, -0.2) is 22.6 Å². The Bertz CT molecular complexity index is 467. The summed E-state index contributed by atoms with van der Waals surface area (Å²) in [6.07, 6.45) is 1.53. The minimum Gasteiger partial charge on any atom is -0.349 e. The van der Waals surface area contributed by atoms with E-state index in [0.717, 1.165) is 5.56 Å². The highest BCUT2D eigenvalue weighted by molar-refractivity contribution is 5.92. The Morgan fingerprint density at radius 3 is 2.76 bits per heavy atom. The number of nitrogens with two attached hydrogens (primary N) is 1. The Hall–Kier alpha value is -2.14. The average Bonchev–Trinajstić information content (AvgIpc) is 2.90. The number of hydrogen-bond acceptors (Lipinski definition) is 3. The summed E-state index contributed by atoms with van der Waals surface area (Å²) in [4.78, 5) is 11.6. The van der Waals surface area contributed by atoms with E-state index >= 15 is 0 Å². The number of aromatic amines is 1. The third-order valence-electron chi connectivity index (χ3n) is 2.46. The summed E-state index contributed by atoms with van der Waals surface area (Å²) in [6, 6.07) is 11.1. The van der Waals surface area contributed by atoms with Crippen molar-refractivity contribution in [1.29, 1.82) is 0 Å². The molecule has 1 heterocycles. The summed E-state index contributed by atoms with van der Waals surface area (Å²) >= 11 is 0. The molecule has 0 saturated heterocycles. The third-order valence-corrected chi connectivity index (χ3v) is 2.46. The van der Waals surface area contributed by atoms with Gasteiger partial charge in [-0.2, -0.15) is 5.10 Å². The van der Waals surface area contributed by atoms with Gasteiger partial charge in [0.1, 0.15) is 5.69 Å². The molecule has 0 fully saturated rings. The van der Waals surface area contributed by atoms with Crippen molar-refractivity contribution in [2.24, 2.45) is 5.73 Å². The van der Waals surface area contributed by atoms with Crippen molar-refractivity contribution < 1.29 is 4.79 Å². The van der Waals surface area contributed by atoms with Crippen molar-refractivity contribution in [2.45, 2.75) is 6.04 Å². The summed E-state index contributed by atoms with van der Waals surface area (Å²) in [5.41, 5.74) is 7.39. The molecule has 0 aliphatic carbocycles. The lowest BCUT2D eigenvalue weighted by Gasteiger charge is -2.12. The second-order valence-corrected chi connectivity index (χ2v) is 3.70. The molecule has 2 aromatic rings. The van der Waals surface area contributed by atoms with Gasteiger partial charge in [-0.15, -0.1) is 0 Å². The molecule has 5 nitrogen and oxygen atoms in total. The largest absolute Gasteiger partial charge is 0.349 e. The van der Waals surface area contributed by atoms with Crippen LogP contribution in [-0.2, 0) is 0 Å². The number of carbonyl (C=O) groups excluding carboxylic acids is 1. The quantitative estimate of drug-likeness (QED) is 0.727. The van der Waals surface area contributed by atoms with E-state index < -0.39 is 0 Å². The standard InChI is InChI=1S/C12H14N4O/c13-10(9-4-2-1-3-5-9)8-14-12(17)11-6-7-15-16-11/h1-7,10H,8,13H2,(H,14,17)(H,15,16). The molecule has 17 heavy (non-hydrogen) atoms. The third kappa shape index (κ3) is 2.92. The van der Waals surface area contributed by atoms with Crippen LogP contribution in [0, 0.1) is 0 Å². The molecule has 1 aromatic carbocycles. The fourth-order valence-electron chi connectivity index (χ4n) is 1.50. The summed E-state index contributed by atoms with van der Waals surface area (Å²) in [5, 5.41) is 9.06. The van der Waals surface area contributed by atoms with E-state index in [4.69, 9.17) is 5.73 Å². The van der Waals surface area contributed by atoms with Crippen molar-refractivity contribution in [2.75, 3.05) is 6.54 Å². The van der Waals surface area contributed by atoms with Gasteiger partial charge in [-0.25, -0.2) is 0 Å². The maximum atomic E-state index is 11.6. The van der Waals surface area contributed by atoms with Gasteiger partial charge >= 0.3 is 0 Å². The first-order valence-electron chi connectivity index (χ1n) is 5.35. The molecule has 0 saturated carbocycles. The maximum absolute atomic E-state index is 11.6. The Morgan fingerprint density at radius 1 is 1.35 bits per heavy atom. The van der Waals surface area contributed by atoms with E-state index in [1.54, 1.807) is 6.07 Å². The Labute approximate surface area is 99.0 Å². The van der Waals surface area contributed by atoms with E-state index in [1.807, 2.05) is 30.3 Å². The van der Waals surface area contributed by atoms with Gasteiger partial charge in [-0.05, 0) is 11.6 Å². The summed E-state index contributed by atoms with van der Waals surface area (Å²) in [5.74, 6) is -0.200. The van der Waals surface area contributed by atoms with Crippen LogP contribution >= 0.6 is 0 Å². The first-order valence-corrected chi connectivity index (χ1v) is 5.35. The predicted molar refractivity (Wildman–Crippen MR) is 64.3 cm³/mol. The smallest absolute Gasteiger partial charge is 0.269 e. The number of nitrogens with zero attached hydrogens (tertiary/aromatic N) is 1. The minimum absolute atomic E-state index is 0.200. The van der Waals surface area contributed by atoms with Crippen molar-refractivity contribution >= 4 is 5.91 Å². The number of amides is 1. The fraction of sp³-hybridized carbons (Fsp3) is 0.167. The Balaban J connectivity index is 1.89. The number of carbonyl (C=O) groups is 1. The van der Waals surface area contributed by atoms with Gasteiger partial charge in [0.25, 0.3) is 5.91 Å². The normalized spacial score (nSPS) is 12.1. The number of hydrogen-bond donors (Lipinski definition) is 3. The van der Waals surface area contributed by atoms with Gasteiger partial charge in [-0.3, -0.25) is 9.89 Å². The molecule has 5 heteroatoms. The Morgan fingerprint density at radius 2 is 2.12 bits per heavy atom. The molecule has 88 valence electrons. The summed E-state index contributed by atoms with van der Waals surface area (Å²) in [7, 11) is 0. The molecule has 4 N–H and O–H groups in total. The second kappa shape index (κ2) is 5.27. The molecule has 2 rings (SSSR count). The lowest BCUT2D eigenvalue weighted by molar-refractivity contribution is 0.0946. The highest BCUT2D eigenvalue weighted by Gasteiger charge is 2.09. The highest BCUT2D eigenvalue weighted by atomic mass is 16.1. The number of benzene rings is 1. The number of aromatic nitrogens is 2. The Kier molecular flexibility index (Phi) is 3.52. The monoisotopic (exact) mass is 230 g/mol. The van der Waals surface area contributed by atoms with Crippen molar-refractivity contribution in [3.63, 3.8) is 0 Å². The minimum atomic E-state index is -0.205. The predicted octanol–water partition coefficient (Wildman–Crippen LogP) is 0.839. The lowest BCUT2D eigenvalue weighted by atomic mass is 10.1. The van der Waals surface area contributed by atoms with Crippen LogP contribution < -0.4 is 11.1 Å². The first-order chi connectivity index (χ1) is 8.27. The van der Waals surface area contributed by atoms with E-state index in [0.29, 0.717) is 12.2 Å². The highest BCUT2D eigenvalue weighted by Crippen LogP contribution is 2.08. The zero-order valence-electron chi connectivity index (χ0n) is 9.26. The maximum Gasteiger partial charge on any atom is 0.269 e. The lowest BCUT2D eigenvalue weighted by Crippen LogP contribution is -2.32. The van der Waals surface area contributed by atoms with Crippen LogP contribution in [0.4, 0.5) is 0 Å². The van der Waals surface area contributed by atoms with E-state index in [9.17, 15) is 4.79 Å². The molecule has 0 aliphatic heterocycles. The average molecular weight is 230 g/mol. The SMILES string of the molecule is NC(CNC(=O)c1ccn[nH]1)c1ccccc1. The van der Waals surface area contributed by atoms with Crippen LogP contribution in [0.2, 0.25) is 0 Å². The van der Waals surface area contributed by atoms with Gasteiger partial charge in [0, 0.05) is 18.8 Å². The van der Waals surface area contributed by atoms with Crippen LogP contribution in [0.25, 0.3) is 0 Å². The number of nitrogens with one attached hydrogen (secondary N) is 2. The van der Waals surface area contributed by atoms with Crippen molar-refractivity contribution in [3.05, 3.63) is 53.9 Å². The molecule has 1 aromatic heterocycles. The molecule has 0 bridgehead atoms. The second-order valence-electron chi connectivity index (χ2n) is 3.70. The fourth-order valence-corrected chi connectivity index (χ4v) is 1.50. The molecule has 0 aliphatic rings. The van der Waals surface area contributed by atoms with Crippen LogP contribution in [0.15, 0.2) is 42.6 Å². The van der Waals surface area contributed by atoms with E-state index in [2.05, 4.69) is 15.5 Å². The van der Waals surface area contributed by atoms with Gasteiger partial charge in [0.2, 0.25) is 0 Å². The van der Waals surface area contributed by atoms with E-state index in [-0.39, 0.29) is 11.9 Å². The van der Waals surface area contributed by atoms with Crippen LogP contribution in [0.5, 0.6) is 0 Å². The molecule has 1 unspecified atom stereocenters. The number of H-pyrrole nitrogens is 1. The zero-order valence-corrected chi connectivity index (χ0v) is 9.26. The topological polar surface area (TPSA) is 83.8 Å². The molecule has 1 atom stereocenters. The molecule has 0 spiro atoms. The molecular formula is C12H14N4O. The summed E-state index contributed by atoms with van der Waals surface area (Å²) < 4.78 is 0.